The number of nitrogens with one attached hydrogen (secondary N) is 3. The summed E-state index contributed by atoms with van der Waals surface area (Å²) in [6.07, 6.45) is 3.85. The van der Waals surface area contributed by atoms with Gasteiger partial charge in [0.15, 0.2) is 5.82 Å². The van der Waals surface area contributed by atoms with Gasteiger partial charge in [-0.1, -0.05) is 15.9 Å². The van der Waals surface area contributed by atoms with Crippen molar-refractivity contribution in [3.8, 4) is 0 Å². The zero-order valence-corrected chi connectivity index (χ0v) is 23.5. The van der Waals surface area contributed by atoms with Gasteiger partial charge in [0.1, 0.15) is 27.7 Å². The van der Waals surface area contributed by atoms with Gasteiger partial charge in [-0.15, -0.1) is 11.3 Å². The lowest BCUT2D eigenvalue weighted by atomic mass is 10.2. The lowest BCUT2D eigenvalue weighted by molar-refractivity contribution is 0.0378. The first-order valence-corrected chi connectivity index (χ1v) is 14.2. The van der Waals surface area contributed by atoms with Gasteiger partial charge in [0.25, 0.3) is 5.91 Å². The lowest BCUT2D eigenvalue weighted by Crippen LogP contribution is -2.37. The van der Waals surface area contributed by atoms with Crippen LogP contribution in [-0.4, -0.2) is 71.2 Å². The Hall–Kier alpha value is -3.72. The molecule has 2 aliphatic heterocycles. The van der Waals surface area contributed by atoms with Crippen LogP contribution in [0.3, 0.4) is 0 Å². The Morgan fingerprint density at radius 3 is 2.80 bits per heavy atom. The molecule has 0 radical (unpaired) electrons. The van der Waals surface area contributed by atoms with E-state index in [1.807, 2.05) is 0 Å². The summed E-state index contributed by atoms with van der Waals surface area (Å²) in [6.45, 7) is 5.29. The standard InChI is InChI=1S/C26H24BrFN8O3S/c27-15-2-4-18(17(28)12-15)36-23-20-21(34-26(36)38)22(40-25(20)32-14-31-23)24(37)33-16-3-5-19(30-13-16)29-6-1-7-35-8-10-39-11-9-35/h2-5,12-14H,1,6-11H2,(H,29,30)(H,33,37)(H,34,38). The summed E-state index contributed by atoms with van der Waals surface area (Å²) in [7, 11) is 0. The minimum absolute atomic E-state index is 0.0319. The summed E-state index contributed by atoms with van der Waals surface area (Å²) in [5.74, 6) is -0.119. The van der Waals surface area contributed by atoms with Gasteiger partial charge in [0.05, 0.1) is 41.9 Å². The Morgan fingerprint density at radius 2 is 2.02 bits per heavy atom. The zero-order chi connectivity index (χ0) is 27.6. The molecule has 2 aliphatic rings. The second kappa shape index (κ2) is 11.4. The van der Waals surface area contributed by atoms with E-state index in [0.717, 1.165) is 62.1 Å². The van der Waals surface area contributed by atoms with Gasteiger partial charge < -0.3 is 20.7 Å². The number of morpholine rings is 1. The highest BCUT2D eigenvalue weighted by Gasteiger charge is 2.35. The number of rotatable bonds is 8. The molecule has 6 rings (SSSR count). The quantitative estimate of drug-likeness (QED) is 0.232. The van der Waals surface area contributed by atoms with Gasteiger partial charge in [-0.2, -0.15) is 0 Å². The topological polar surface area (TPSA) is 125 Å². The van der Waals surface area contributed by atoms with Crippen molar-refractivity contribution in [2.45, 2.75) is 6.42 Å². The fourth-order valence-electron chi connectivity index (χ4n) is 4.62. The van der Waals surface area contributed by atoms with E-state index in [0.29, 0.717) is 31.9 Å². The molecule has 4 aromatic rings. The minimum Gasteiger partial charge on any atom is -0.379 e. The normalized spacial score (nSPS) is 15.2. The van der Waals surface area contributed by atoms with E-state index in [2.05, 4.69) is 51.7 Å². The third-order valence-corrected chi connectivity index (χ3v) is 8.14. The molecule has 11 nitrogen and oxygen atoms in total. The van der Waals surface area contributed by atoms with Crippen LogP contribution in [0.15, 0.2) is 47.3 Å². The van der Waals surface area contributed by atoms with Crippen LogP contribution in [0.5, 0.6) is 0 Å². The molecule has 1 saturated heterocycles. The Balaban J connectivity index is 1.16. The van der Waals surface area contributed by atoms with Crippen LogP contribution in [0.1, 0.15) is 16.1 Å². The maximum atomic E-state index is 14.8. The monoisotopic (exact) mass is 626 g/mol. The molecule has 14 heteroatoms. The summed E-state index contributed by atoms with van der Waals surface area (Å²) in [5, 5.41) is 9.33. The van der Waals surface area contributed by atoms with Crippen molar-refractivity contribution < 1.29 is 18.7 Å². The molecule has 5 heterocycles. The molecule has 3 aromatic heterocycles. The fourth-order valence-corrected chi connectivity index (χ4v) is 5.94. The van der Waals surface area contributed by atoms with Crippen LogP contribution in [0.4, 0.5) is 37.9 Å². The smallest absolute Gasteiger partial charge is 0.332 e. The van der Waals surface area contributed by atoms with Crippen LogP contribution in [0.2, 0.25) is 0 Å². The predicted molar refractivity (Wildman–Crippen MR) is 155 cm³/mol. The molecule has 1 fully saturated rings. The molecule has 0 atom stereocenters. The number of urea groups is 1. The van der Waals surface area contributed by atoms with Crippen molar-refractivity contribution in [1.29, 1.82) is 0 Å². The third kappa shape index (κ3) is 5.35. The molecule has 0 saturated carbocycles. The maximum absolute atomic E-state index is 14.8. The van der Waals surface area contributed by atoms with E-state index in [1.54, 1.807) is 24.4 Å². The molecule has 0 bridgehead atoms. The summed E-state index contributed by atoms with van der Waals surface area (Å²) in [6, 6.07) is 7.31. The number of carbonyl (C=O) groups is 2. The zero-order valence-electron chi connectivity index (χ0n) is 21.1. The molecule has 40 heavy (non-hydrogen) atoms. The Labute approximate surface area is 240 Å². The van der Waals surface area contributed by atoms with E-state index in [-0.39, 0.29) is 16.4 Å². The summed E-state index contributed by atoms with van der Waals surface area (Å²) < 4.78 is 20.7. The number of hydrogen-bond donors (Lipinski definition) is 3. The highest BCUT2D eigenvalue weighted by atomic mass is 79.9. The Bertz CT molecular complexity index is 1580. The number of pyridine rings is 1. The second-order valence-electron chi connectivity index (χ2n) is 9.17. The molecule has 1 aromatic carbocycles. The van der Waals surface area contributed by atoms with Gasteiger partial charge in [0.2, 0.25) is 0 Å². The van der Waals surface area contributed by atoms with E-state index in [1.165, 1.54) is 18.5 Å². The molecule has 0 spiro atoms. The van der Waals surface area contributed by atoms with Crippen molar-refractivity contribution in [3.05, 3.63) is 58.0 Å². The van der Waals surface area contributed by atoms with Crippen LogP contribution < -0.4 is 20.9 Å². The van der Waals surface area contributed by atoms with Crippen molar-refractivity contribution in [2.24, 2.45) is 0 Å². The number of aromatic nitrogens is 3. The Morgan fingerprint density at radius 1 is 1.18 bits per heavy atom. The first kappa shape index (κ1) is 26.5. The van der Waals surface area contributed by atoms with Gasteiger partial charge in [-0.3, -0.25) is 9.69 Å². The Kier molecular flexibility index (Phi) is 7.56. The van der Waals surface area contributed by atoms with Crippen LogP contribution >= 0.6 is 27.3 Å². The first-order valence-electron chi connectivity index (χ1n) is 12.6. The molecule has 3 N–H and O–H groups in total. The van der Waals surface area contributed by atoms with E-state index in [4.69, 9.17) is 4.74 Å². The SMILES string of the molecule is O=C(Nc1ccc(NCCCN2CCOCC2)nc1)c1sc2ncnc3c2c1NC(=O)N3c1ccc(Br)cc1F. The number of nitrogens with zero attached hydrogens (tertiary/aromatic N) is 5. The highest BCUT2D eigenvalue weighted by molar-refractivity contribution is 9.10. The summed E-state index contributed by atoms with van der Waals surface area (Å²) in [4.78, 5) is 43.6. The molecule has 0 unspecified atom stereocenters. The highest BCUT2D eigenvalue weighted by Crippen LogP contribution is 2.45. The van der Waals surface area contributed by atoms with E-state index < -0.39 is 17.8 Å². The van der Waals surface area contributed by atoms with E-state index in [9.17, 15) is 14.0 Å². The van der Waals surface area contributed by atoms with Crippen molar-refractivity contribution in [3.63, 3.8) is 0 Å². The fraction of sp³-hybridized carbons (Fsp3) is 0.269. The average molecular weight is 628 g/mol. The average Bonchev–Trinajstić information content (AvgIpc) is 3.33. The maximum Gasteiger partial charge on any atom is 0.332 e. The third-order valence-electron chi connectivity index (χ3n) is 6.55. The van der Waals surface area contributed by atoms with Crippen molar-refractivity contribution >= 4 is 78.1 Å². The number of carbonyl (C=O) groups excluding carboxylic acids is 2. The van der Waals surface area contributed by atoms with Crippen molar-refractivity contribution in [2.75, 3.05) is 60.2 Å². The van der Waals surface area contributed by atoms with Gasteiger partial charge in [-0.25, -0.2) is 29.0 Å². The largest absolute Gasteiger partial charge is 0.379 e. The number of halogens is 2. The molecular formula is C26H24BrFN8O3S. The molecule has 206 valence electrons. The van der Waals surface area contributed by atoms with Gasteiger partial charge >= 0.3 is 6.03 Å². The minimum atomic E-state index is -0.633. The number of ether oxygens (including phenoxy) is 1. The van der Waals surface area contributed by atoms with Gasteiger partial charge in [-0.05, 0) is 43.3 Å². The summed E-state index contributed by atoms with van der Waals surface area (Å²) >= 11 is 4.34. The molecular weight excluding hydrogens is 603 g/mol. The number of hydrogen-bond acceptors (Lipinski definition) is 9. The number of thiophene rings is 1. The van der Waals surface area contributed by atoms with Gasteiger partial charge in [0, 0.05) is 24.1 Å². The van der Waals surface area contributed by atoms with E-state index >= 15 is 0 Å². The predicted octanol–water partition coefficient (Wildman–Crippen LogP) is 5.06. The second-order valence-corrected chi connectivity index (χ2v) is 11.1. The lowest BCUT2D eigenvalue weighted by Gasteiger charge is -2.27. The van der Waals surface area contributed by atoms with Crippen LogP contribution in [-0.2, 0) is 4.74 Å². The first-order chi connectivity index (χ1) is 19.5. The molecule has 0 aliphatic carbocycles. The van der Waals surface area contributed by atoms with Crippen LogP contribution in [0, 0.1) is 5.82 Å². The summed E-state index contributed by atoms with van der Waals surface area (Å²) in [5.41, 5.74) is 0.823. The molecule has 3 amide bonds. The number of anilines is 5. The number of benzene rings is 1. The number of amides is 3. The van der Waals surface area contributed by atoms with Crippen LogP contribution in [0.25, 0.3) is 10.2 Å². The van der Waals surface area contributed by atoms with Crippen molar-refractivity contribution in [1.82, 2.24) is 19.9 Å².